The van der Waals surface area contributed by atoms with Crippen LogP contribution in [0.2, 0.25) is 0 Å². The fraction of sp³-hybridized carbons (Fsp3) is 0.185. The van der Waals surface area contributed by atoms with Crippen LogP contribution in [-0.2, 0) is 25.2 Å². The molecular weight excluding hydrogens is 458 g/mol. The number of ether oxygens (including phenoxy) is 1. The maximum Gasteiger partial charge on any atom is 0.333 e. The van der Waals surface area contributed by atoms with Crippen LogP contribution >= 0.6 is 0 Å². The molecule has 0 heterocycles. The number of hydrogen-bond donors (Lipinski definition) is 0. The Bertz CT molecular complexity index is 980. The van der Waals surface area contributed by atoms with Crippen LogP contribution in [0.1, 0.15) is 20.3 Å². The number of alkyl halides is 2. The summed E-state index contributed by atoms with van der Waals surface area (Å²) in [4.78, 5) is 25.1. The lowest BCUT2D eigenvalue weighted by Gasteiger charge is -2.26. The number of benzene rings is 3. The number of esters is 1. The number of hydrogen-bond acceptors (Lipinski definition) is 4. The Kier molecular flexibility index (Phi) is 10.0. The summed E-state index contributed by atoms with van der Waals surface area (Å²) in [6.07, 6.45) is -2.37. The number of carboxylic acid groups (broad SMARTS) is 1. The lowest BCUT2D eigenvalue weighted by atomic mass is 10.1. The van der Waals surface area contributed by atoms with Crippen molar-refractivity contribution in [2.75, 3.05) is 0 Å². The fourth-order valence-corrected chi connectivity index (χ4v) is 4.96. The van der Waals surface area contributed by atoms with Crippen molar-refractivity contribution in [1.82, 2.24) is 0 Å². The molecule has 4 nitrogen and oxygen atoms in total. The Labute approximate surface area is 201 Å². The molecule has 0 aromatic heterocycles. The summed E-state index contributed by atoms with van der Waals surface area (Å²) in [6.45, 7) is 5.73. The van der Waals surface area contributed by atoms with Crippen molar-refractivity contribution in [2.45, 2.75) is 47.0 Å². The first-order valence-electron chi connectivity index (χ1n) is 10.5. The smallest absolute Gasteiger partial charge is 0.333 e. The second-order valence-corrected chi connectivity index (χ2v) is 9.26. The van der Waals surface area contributed by atoms with Gasteiger partial charge >= 0.3 is 11.9 Å². The minimum Gasteiger partial charge on any atom is -0.544 e. The van der Waals surface area contributed by atoms with Crippen LogP contribution in [0.4, 0.5) is 8.78 Å². The maximum atomic E-state index is 12.9. The molecule has 0 N–H and O–H groups in total. The van der Waals surface area contributed by atoms with E-state index >= 15 is 0 Å². The zero-order valence-electron chi connectivity index (χ0n) is 18.9. The predicted octanol–water partition coefficient (Wildman–Crippen LogP) is 5.05. The highest BCUT2D eigenvalue weighted by molar-refractivity contribution is 7.97. The van der Waals surface area contributed by atoms with Crippen molar-refractivity contribution in [3.63, 3.8) is 0 Å². The summed E-state index contributed by atoms with van der Waals surface area (Å²) in [5, 5.41) is 10.1. The summed E-state index contributed by atoms with van der Waals surface area (Å²) in [5.41, 5.74) is -0.0809. The zero-order chi connectivity index (χ0) is 25.1. The van der Waals surface area contributed by atoms with Crippen LogP contribution in [0.5, 0.6) is 0 Å². The quantitative estimate of drug-likeness (QED) is 0.255. The molecule has 3 rings (SSSR count). The van der Waals surface area contributed by atoms with Gasteiger partial charge in [-0.15, -0.1) is 0 Å². The molecule has 7 heteroatoms. The Hall–Kier alpha value is -3.45. The van der Waals surface area contributed by atoms with Crippen molar-refractivity contribution in [1.29, 1.82) is 0 Å². The van der Waals surface area contributed by atoms with Crippen molar-refractivity contribution < 1.29 is 28.2 Å². The van der Waals surface area contributed by atoms with Gasteiger partial charge in [0, 0.05) is 5.57 Å². The van der Waals surface area contributed by atoms with E-state index < -0.39 is 24.0 Å². The van der Waals surface area contributed by atoms with Gasteiger partial charge in [-0.1, -0.05) is 68.1 Å². The molecule has 1 unspecified atom stereocenters. The Balaban J connectivity index is 0.000000249. The second-order valence-electron chi connectivity index (χ2n) is 7.24. The predicted molar refractivity (Wildman–Crippen MR) is 126 cm³/mol. The van der Waals surface area contributed by atoms with Crippen LogP contribution in [0, 0.1) is 0 Å². The molecule has 0 saturated carbocycles. The van der Waals surface area contributed by atoms with E-state index in [1.807, 2.05) is 0 Å². The topological polar surface area (TPSA) is 66.4 Å². The highest BCUT2D eigenvalue weighted by Gasteiger charge is 2.43. The molecule has 3 aromatic carbocycles. The van der Waals surface area contributed by atoms with Crippen LogP contribution in [0.3, 0.4) is 0 Å². The molecule has 0 aliphatic heterocycles. The van der Waals surface area contributed by atoms with Crippen LogP contribution in [0.15, 0.2) is 118 Å². The highest BCUT2D eigenvalue weighted by Crippen LogP contribution is 2.30. The molecule has 178 valence electrons. The summed E-state index contributed by atoms with van der Waals surface area (Å²) in [6, 6.07) is 32.2. The lowest BCUT2D eigenvalue weighted by Crippen LogP contribution is -2.51. The molecular formula is C27H26F2O4S. The zero-order valence-corrected chi connectivity index (χ0v) is 19.8. The highest BCUT2D eigenvalue weighted by atomic mass is 32.2. The maximum absolute atomic E-state index is 12.9. The third-order valence-corrected chi connectivity index (χ3v) is 6.81. The van der Waals surface area contributed by atoms with Crippen molar-refractivity contribution in [3.8, 4) is 0 Å². The number of carboxylic acids is 1. The number of halogens is 2. The molecule has 34 heavy (non-hydrogen) atoms. The van der Waals surface area contributed by atoms with Gasteiger partial charge in [0.2, 0.25) is 0 Å². The molecule has 0 amide bonds. The van der Waals surface area contributed by atoms with Gasteiger partial charge in [0.15, 0.2) is 20.8 Å². The molecule has 1 atom stereocenters. The minimum absolute atomic E-state index is 0.0146. The van der Waals surface area contributed by atoms with Gasteiger partial charge in [0.25, 0.3) is 0 Å². The first-order valence-corrected chi connectivity index (χ1v) is 11.8. The normalized spacial score (nSPS) is 11.7. The Morgan fingerprint density at radius 1 is 0.882 bits per heavy atom. The van der Waals surface area contributed by atoms with E-state index in [9.17, 15) is 23.5 Å². The SMILES string of the molecule is C=C(C)C(=O)OC(CC)C(F)(F)C(=O)[O-].c1ccc([S+](c2ccccc2)c2ccccc2)cc1. The monoisotopic (exact) mass is 484 g/mol. The molecule has 0 spiro atoms. The van der Waals surface area contributed by atoms with Crippen LogP contribution < -0.4 is 5.11 Å². The largest absolute Gasteiger partial charge is 0.544 e. The first kappa shape index (κ1) is 26.8. The van der Waals surface area contributed by atoms with E-state index in [1.165, 1.54) is 28.5 Å². The van der Waals surface area contributed by atoms with Gasteiger partial charge in [-0.3, -0.25) is 0 Å². The standard InChI is InChI=1S/C18H15S.C9H12F2O4/c1-4-10-16(11-5-1)19(17-12-6-2-7-13-17)18-14-8-3-9-15-18;1-4-6(9(10,11)8(13)14)15-7(12)5(2)3/h1-15H;6H,2,4H2,1,3H3,(H,13,14)/q+1;/p-1. The number of aliphatic carboxylic acids is 1. The average Bonchev–Trinajstić information content (AvgIpc) is 2.84. The molecule has 3 aromatic rings. The van der Waals surface area contributed by atoms with Crippen LogP contribution in [-0.4, -0.2) is 24.0 Å². The molecule has 0 aliphatic carbocycles. The molecule has 0 fully saturated rings. The van der Waals surface area contributed by atoms with Gasteiger partial charge < -0.3 is 14.6 Å². The van der Waals surface area contributed by atoms with Crippen molar-refractivity contribution >= 4 is 22.8 Å². The minimum atomic E-state index is -4.19. The van der Waals surface area contributed by atoms with E-state index in [4.69, 9.17) is 0 Å². The summed E-state index contributed by atoms with van der Waals surface area (Å²) >= 11 is 0. The van der Waals surface area contributed by atoms with E-state index in [2.05, 4.69) is 102 Å². The van der Waals surface area contributed by atoms with Gasteiger partial charge in [0.05, 0.1) is 10.9 Å². The van der Waals surface area contributed by atoms with Crippen LogP contribution in [0.25, 0.3) is 0 Å². The van der Waals surface area contributed by atoms with E-state index in [-0.39, 0.29) is 22.9 Å². The third kappa shape index (κ3) is 7.28. The van der Waals surface area contributed by atoms with Gasteiger partial charge in [-0.25, -0.2) is 4.79 Å². The van der Waals surface area contributed by atoms with Crippen molar-refractivity contribution in [3.05, 3.63) is 103 Å². The summed E-state index contributed by atoms with van der Waals surface area (Å²) in [7, 11) is -0.0146. The Morgan fingerprint density at radius 2 is 1.24 bits per heavy atom. The molecule has 0 aliphatic rings. The Morgan fingerprint density at radius 3 is 1.50 bits per heavy atom. The molecule has 0 bridgehead atoms. The number of carbonyl (C=O) groups is 2. The van der Waals surface area contributed by atoms with E-state index in [1.54, 1.807) is 0 Å². The summed E-state index contributed by atoms with van der Waals surface area (Å²) in [5.74, 6) is -7.81. The first-order chi connectivity index (χ1) is 16.2. The molecule has 0 saturated heterocycles. The molecule has 0 radical (unpaired) electrons. The average molecular weight is 485 g/mol. The van der Waals surface area contributed by atoms with Gasteiger partial charge in [-0.2, -0.15) is 8.78 Å². The van der Waals surface area contributed by atoms with Crippen molar-refractivity contribution in [2.24, 2.45) is 0 Å². The number of rotatable bonds is 8. The van der Waals surface area contributed by atoms with Gasteiger partial charge in [-0.05, 0) is 49.7 Å². The second kappa shape index (κ2) is 12.7. The summed E-state index contributed by atoms with van der Waals surface area (Å²) < 4.78 is 30.0. The third-order valence-electron chi connectivity index (χ3n) is 4.58. The van der Waals surface area contributed by atoms with E-state index in [0.29, 0.717) is 0 Å². The van der Waals surface area contributed by atoms with E-state index in [0.717, 1.165) is 0 Å². The lowest BCUT2D eigenvalue weighted by molar-refractivity contribution is -0.336. The number of carbonyl (C=O) groups excluding carboxylic acids is 2. The fourth-order valence-electron chi connectivity index (χ4n) is 2.85. The van der Waals surface area contributed by atoms with Gasteiger partial charge in [0.1, 0.15) is 5.97 Å².